The van der Waals surface area contributed by atoms with Crippen molar-refractivity contribution in [2.75, 3.05) is 19.6 Å². The SMILES string of the molecule is Cl.Cn1c(=O)c2c(ncn2[C@H]2CN(C(=O)CCCCN)C[C@H](O)C[C@]2(C)O)n(C)c1=O. The van der Waals surface area contributed by atoms with Crippen molar-refractivity contribution in [3.8, 4) is 0 Å². The largest absolute Gasteiger partial charge is 0.391 e. The lowest BCUT2D eigenvalue weighted by atomic mass is 9.91. The molecule has 0 aliphatic carbocycles. The lowest BCUT2D eigenvalue weighted by molar-refractivity contribution is -0.132. The summed E-state index contributed by atoms with van der Waals surface area (Å²) in [5.74, 6) is -0.144. The van der Waals surface area contributed by atoms with Crippen LogP contribution in [0, 0.1) is 0 Å². The standard InChI is InChI=1S/C19H30N6O5.ClH/c1-19(30)8-12(26)9-24(14(27)6-4-5-7-20)10-13(19)25-11-21-16-15(25)17(28)23(3)18(29)22(16)2;/h11-13,26,30H,4-10,20H2,1-3H3;1H/t12-,13+,19+;/m1./s1. The summed E-state index contributed by atoms with van der Waals surface area (Å²) in [4.78, 5) is 43.5. The van der Waals surface area contributed by atoms with E-state index in [-0.39, 0.29) is 49.0 Å². The van der Waals surface area contributed by atoms with Gasteiger partial charge < -0.3 is 25.4 Å². The molecule has 0 bridgehead atoms. The molecule has 3 heterocycles. The van der Waals surface area contributed by atoms with E-state index in [1.54, 1.807) is 6.92 Å². The van der Waals surface area contributed by atoms with Crippen molar-refractivity contribution in [3.05, 3.63) is 27.2 Å². The summed E-state index contributed by atoms with van der Waals surface area (Å²) in [5, 5.41) is 21.6. The van der Waals surface area contributed by atoms with E-state index in [9.17, 15) is 24.6 Å². The van der Waals surface area contributed by atoms with Gasteiger partial charge in [0, 0.05) is 40.0 Å². The average molecular weight is 459 g/mol. The highest BCUT2D eigenvalue weighted by atomic mass is 35.5. The molecule has 2 aromatic rings. The Hall–Kier alpha value is -2.21. The zero-order valence-electron chi connectivity index (χ0n) is 18.0. The monoisotopic (exact) mass is 458 g/mol. The number of likely N-dealkylation sites (tertiary alicyclic amines) is 1. The number of imidazole rings is 1. The molecule has 0 spiro atoms. The number of unbranched alkanes of at least 4 members (excludes halogenated alkanes) is 1. The molecular formula is C19H31ClN6O5. The molecule has 31 heavy (non-hydrogen) atoms. The fraction of sp³-hybridized carbons (Fsp3) is 0.684. The lowest BCUT2D eigenvalue weighted by Crippen LogP contribution is -2.44. The third-order valence-corrected chi connectivity index (χ3v) is 5.90. The number of hydrogen-bond acceptors (Lipinski definition) is 7. The molecule has 11 nitrogen and oxygen atoms in total. The van der Waals surface area contributed by atoms with Crippen LogP contribution in [-0.4, -0.2) is 71.0 Å². The maximum absolute atomic E-state index is 12.8. The molecule has 1 amide bonds. The number of fused-ring (bicyclic) bond motifs is 1. The number of hydrogen-bond donors (Lipinski definition) is 3. The number of carbonyl (C=O) groups excluding carboxylic acids is 1. The minimum atomic E-state index is -1.42. The number of aliphatic hydroxyl groups excluding tert-OH is 1. The number of nitrogens with zero attached hydrogens (tertiary/aromatic N) is 5. The number of halogens is 1. The minimum Gasteiger partial charge on any atom is -0.391 e. The molecule has 1 aliphatic heterocycles. The molecule has 1 saturated heterocycles. The van der Waals surface area contributed by atoms with E-state index < -0.39 is 29.0 Å². The molecule has 1 aliphatic rings. The Kier molecular flexibility index (Phi) is 7.69. The summed E-state index contributed by atoms with van der Waals surface area (Å²) in [7, 11) is 2.90. The molecule has 0 aromatic carbocycles. The highest BCUT2D eigenvalue weighted by Crippen LogP contribution is 2.33. The normalized spacial score (nSPS) is 24.1. The first-order chi connectivity index (χ1) is 14.1. The van der Waals surface area contributed by atoms with Crippen molar-refractivity contribution in [3.63, 3.8) is 0 Å². The first-order valence-electron chi connectivity index (χ1n) is 10.1. The Morgan fingerprint density at radius 3 is 2.58 bits per heavy atom. The molecule has 0 unspecified atom stereocenters. The van der Waals surface area contributed by atoms with Crippen LogP contribution < -0.4 is 17.0 Å². The minimum absolute atomic E-state index is 0. The molecule has 3 rings (SSSR count). The first-order valence-corrected chi connectivity index (χ1v) is 10.1. The molecule has 12 heteroatoms. The molecule has 174 valence electrons. The van der Waals surface area contributed by atoms with Gasteiger partial charge in [0.05, 0.1) is 24.1 Å². The van der Waals surface area contributed by atoms with Crippen molar-refractivity contribution < 1.29 is 15.0 Å². The van der Waals surface area contributed by atoms with Crippen molar-refractivity contribution in [1.29, 1.82) is 0 Å². The van der Waals surface area contributed by atoms with Gasteiger partial charge in [-0.2, -0.15) is 0 Å². The van der Waals surface area contributed by atoms with Crippen molar-refractivity contribution in [1.82, 2.24) is 23.6 Å². The summed E-state index contributed by atoms with van der Waals surface area (Å²) in [6.07, 6.45) is 2.17. The fourth-order valence-electron chi connectivity index (χ4n) is 4.18. The van der Waals surface area contributed by atoms with E-state index in [1.807, 2.05) is 0 Å². The predicted molar refractivity (Wildman–Crippen MR) is 117 cm³/mol. The van der Waals surface area contributed by atoms with Crippen molar-refractivity contribution in [2.24, 2.45) is 19.8 Å². The number of aryl methyl sites for hydroxylation is 1. The Morgan fingerprint density at radius 1 is 1.26 bits per heavy atom. The van der Waals surface area contributed by atoms with Crippen LogP contribution in [0.4, 0.5) is 0 Å². The zero-order valence-corrected chi connectivity index (χ0v) is 18.8. The van der Waals surface area contributed by atoms with Gasteiger partial charge in [0.2, 0.25) is 5.91 Å². The molecule has 1 fully saturated rings. The lowest BCUT2D eigenvalue weighted by Gasteiger charge is -2.34. The third kappa shape index (κ3) is 4.69. The topological polar surface area (TPSA) is 149 Å². The third-order valence-electron chi connectivity index (χ3n) is 5.90. The van der Waals surface area contributed by atoms with E-state index in [0.29, 0.717) is 19.4 Å². The van der Waals surface area contributed by atoms with E-state index in [4.69, 9.17) is 5.73 Å². The Bertz CT molecular complexity index is 1060. The summed E-state index contributed by atoms with van der Waals surface area (Å²) >= 11 is 0. The van der Waals surface area contributed by atoms with Crippen LogP contribution in [0.15, 0.2) is 15.9 Å². The predicted octanol–water partition coefficient (Wildman–Crippen LogP) is -1.13. The van der Waals surface area contributed by atoms with Gasteiger partial charge >= 0.3 is 5.69 Å². The molecule has 2 aromatic heterocycles. The van der Waals surface area contributed by atoms with Crippen LogP contribution in [0.25, 0.3) is 11.2 Å². The number of aromatic nitrogens is 4. The Balaban J connectivity index is 0.00000341. The van der Waals surface area contributed by atoms with Crippen LogP contribution in [-0.2, 0) is 18.9 Å². The van der Waals surface area contributed by atoms with Gasteiger partial charge in [-0.05, 0) is 26.3 Å². The first kappa shape index (κ1) is 25.1. The molecule has 0 saturated carbocycles. The quantitative estimate of drug-likeness (QED) is 0.480. The molecule has 0 radical (unpaired) electrons. The van der Waals surface area contributed by atoms with Gasteiger partial charge in [0.25, 0.3) is 5.56 Å². The van der Waals surface area contributed by atoms with E-state index in [1.165, 1.54) is 34.5 Å². The number of rotatable bonds is 5. The van der Waals surface area contributed by atoms with Gasteiger partial charge in [0.15, 0.2) is 11.2 Å². The number of carbonyl (C=O) groups is 1. The van der Waals surface area contributed by atoms with E-state index in [2.05, 4.69) is 4.98 Å². The summed E-state index contributed by atoms with van der Waals surface area (Å²) in [5.41, 5.74) is 3.41. The smallest absolute Gasteiger partial charge is 0.332 e. The summed E-state index contributed by atoms with van der Waals surface area (Å²) in [6, 6.07) is -0.733. The number of amides is 1. The highest BCUT2D eigenvalue weighted by Gasteiger charge is 2.42. The maximum atomic E-state index is 12.8. The summed E-state index contributed by atoms with van der Waals surface area (Å²) < 4.78 is 3.77. The molecule has 4 N–H and O–H groups in total. The van der Waals surface area contributed by atoms with Gasteiger partial charge in [-0.1, -0.05) is 0 Å². The van der Waals surface area contributed by atoms with E-state index in [0.717, 1.165) is 11.0 Å². The fourth-order valence-corrected chi connectivity index (χ4v) is 4.18. The second-order valence-corrected chi connectivity index (χ2v) is 8.31. The van der Waals surface area contributed by atoms with Crippen LogP contribution in [0.2, 0.25) is 0 Å². The number of β-amino-alcohol motifs (C(OH)–C–C–N with tert-alkyl or cyclic N) is 1. The van der Waals surface area contributed by atoms with Gasteiger partial charge in [0.1, 0.15) is 0 Å². The van der Waals surface area contributed by atoms with Gasteiger partial charge in [-0.15, -0.1) is 12.4 Å². The number of nitrogens with two attached hydrogens (primary N) is 1. The average Bonchev–Trinajstić information content (AvgIpc) is 3.06. The van der Waals surface area contributed by atoms with Crippen molar-refractivity contribution >= 4 is 29.5 Å². The van der Waals surface area contributed by atoms with Gasteiger partial charge in [-0.25, -0.2) is 9.78 Å². The number of aliphatic hydroxyl groups is 2. The van der Waals surface area contributed by atoms with Gasteiger partial charge in [-0.3, -0.25) is 18.7 Å². The van der Waals surface area contributed by atoms with Crippen LogP contribution in [0.3, 0.4) is 0 Å². The Labute approximate surface area is 185 Å². The van der Waals surface area contributed by atoms with Crippen LogP contribution >= 0.6 is 12.4 Å². The molecular weight excluding hydrogens is 428 g/mol. The van der Waals surface area contributed by atoms with Crippen LogP contribution in [0.5, 0.6) is 0 Å². The van der Waals surface area contributed by atoms with Crippen molar-refractivity contribution in [2.45, 2.75) is 50.4 Å². The second-order valence-electron chi connectivity index (χ2n) is 8.31. The van der Waals surface area contributed by atoms with E-state index >= 15 is 0 Å². The highest BCUT2D eigenvalue weighted by molar-refractivity contribution is 5.85. The molecule has 3 atom stereocenters. The maximum Gasteiger partial charge on any atom is 0.332 e. The Morgan fingerprint density at radius 2 is 1.94 bits per heavy atom. The van der Waals surface area contributed by atoms with Crippen LogP contribution in [0.1, 0.15) is 38.6 Å². The second kappa shape index (κ2) is 9.51. The zero-order chi connectivity index (χ0) is 22.2. The summed E-state index contributed by atoms with van der Waals surface area (Å²) in [6.45, 7) is 2.26.